The van der Waals surface area contributed by atoms with Crippen LogP contribution in [0.3, 0.4) is 0 Å². The van der Waals surface area contributed by atoms with Crippen molar-refractivity contribution in [2.75, 3.05) is 20.3 Å². The van der Waals surface area contributed by atoms with E-state index in [0.29, 0.717) is 12.1 Å². The lowest BCUT2D eigenvalue weighted by molar-refractivity contribution is 0.107. The molecule has 1 fully saturated rings. The van der Waals surface area contributed by atoms with Gasteiger partial charge in [0.2, 0.25) is 0 Å². The Bertz CT molecular complexity index is 427. The first-order valence-corrected chi connectivity index (χ1v) is 7.36. The van der Waals surface area contributed by atoms with Crippen molar-refractivity contribution in [3.8, 4) is 5.75 Å². The Kier molecular flexibility index (Phi) is 4.04. The van der Waals surface area contributed by atoms with Crippen LogP contribution in [0.5, 0.6) is 5.75 Å². The van der Waals surface area contributed by atoms with Crippen LogP contribution >= 0.6 is 0 Å². The number of benzene rings is 1. The maximum atomic E-state index is 5.67. The van der Waals surface area contributed by atoms with E-state index in [2.05, 4.69) is 23.5 Å². The van der Waals surface area contributed by atoms with Gasteiger partial charge in [0.1, 0.15) is 5.75 Å². The molecule has 0 bridgehead atoms. The Labute approximate surface area is 115 Å². The molecule has 0 radical (unpaired) electrons. The van der Waals surface area contributed by atoms with Crippen molar-refractivity contribution >= 4 is 0 Å². The molecule has 1 N–H and O–H groups in total. The van der Waals surface area contributed by atoms with Gasteiger partial charge in [-0.25, -0.2) is 0 Å². The van der Waals surface area contributed by atoms with Crippen molar-refractivity contribution in [3.05, 3.63) is 29.3 Å². The minimum absolute atomic E-state index is 0.437. The smallest absolute Gasteiger partial charge is 0.119 e. The zero-order valence-corrected chi connectivity index (χ0v) is 11.7. The lowest BCUT2D eigenvalue weighted by atomic mass is 9.88. The second-order valence-electron chi connectivity index (χ2n) is 5.62. The maximum absolute atomic E-state index is 5.67. The first-order valence-electron chi connectivity index (χ1n) is 7.36. The van der Waals surface area contributed by atoms with Gasteiger partial charge in [0.15, 0.2) is 0 Å². The van der Waals surface area contributed by atoms with Crippen molar-refractivity contribution < 1.29 is 9.47 Å². The summed E-state index contributed by atoms with van der Waals surface area (Å²) in [6.45, 7) is 1.95. The van der Waals surface area contributed by atoms with Crippen molar-refractivity contribution in [1.29, 1.82) is 0 Å². The Morgan fingerprint density at radius 1 is 1.32 bits per heavy atom. The molecule has 1 saturated heterocycles. The summed E-state index contributed by atoms with van der Waals surface area (Å²) in [5.74, 6) is 0.971. The Balaban J connectivity index is 1.57. The van der Waals surface area contributed by atoms with Crippen LogP contribution in [0, 0.1) is 0 Å². The van der Waals surface area contributed by atoms with Gasteiger partial charge in [-0.15, -0.1) is 0 Å². The molecule has 0 spiro atoms. The molecule has 0 aromatic heterocycles. The summed E-state index contributed by atoms with van der Waals surface area (Å²) in [7, 11) is 1.73. The summed E-state index contributed by atoms with van der Waals surface area (Å²) in [5, 5.41) is 3.68. The number of rotatable bonds is 4. The minimum atomic E-state index is 0.437. The highest BCUT2D eigenvalue weighted by Crippen LogP contribution is 2.25. The third kappa shape index (κ3) is 3.10. The first-order chi connectivity index (χ1) is 9.35. The number of aryl methyl sites for hydroxylation is 1. The second kappa shape index (κ2) is 5.93. The zero-order valence-electron chi connectivity index (χ0n) is 11.7. The van der Waals surface area contributed by atoms with Crippen LogP contribution in [0.2, 0.25) is 0 Å². The highest BCUT2D eigenvalue weighted by molar-refractivity contribution is 5.37. The maximum Gasteiger partial charge on any atom is 0.119 e. The van der Waals surface area contributed by atoms with E-state index >= 15 is 0 Å². The molecule has 0 saturated carbocycles. The standard InChI is InChI=1S/C16H23NO2/c1-18-15-7-5-12-4-6-14(9-13(12)10-15)17-11-16-3-2-8-19-16/h5,7,10,14,16-17H,2-4,6,8-9,11H2,1H3. The fourth-order valence-electron chi connectivity index (χ4n) is 3.14. The van der Waals surface area contributed by atoms with Gasteiger partial charge in [0, 0.05) is 19.2 Å². The van der Waals surface area contributed by atoms with Gasteiger partial charge in [0.05, 0.1) is 13.2 Å². The largest absolute Gasteiger partial charge is 0.497 e. The molecule has 3 heteroatoms. The molecule has 1 aromatic carbocycles. The van der Waals surface area contributed by atoms with Gasteiger partial charge >= 0.3 is 0 Å². The van der Waals surface area contributed by atoms with Crippen LogP contribution in [-0.2, 0) is 17.6 Å². The summed E-state index contributed by atoms with van der Waals surface area (Å²) in [5.41, 5.74) is 2.92. The number of ether oxygens (including phenoxy) is 2. The quantitative estimate of drug-likeness (QED) is 0.902. The van der Waals surface area contributed by atoms with E-state index in [9.17, 15) is 0 Å². The van der Waals surface area contributed by atoms with Crippen molar-refractivity contribution in [2.45, 2.75) is 44.2 Å². The van der Waals surface area contributed by atoms with E-state index in [1.165, 1.54) is 36.8 Å². The van der Waals surface area contributed by atoms with Gasteiger partial charge < -0.3 is 14.8 Å². The summed E-state index contributed by atoms with van der Waals surface area (Å²) < 4.78 is 11.0. The molecule has 1 aliphatic heterocycles. The summed E-state index contributed by atoms with van der Waals surface area (Å²) in [4.78, 5) is 0. The number of nitrogens with one attached hydrogen (secondary N) is 1. The summed E-state index contributed by atoms with van der Waals surface area (Å²) >= 11 is 0. The van der Waals surface area contributed by atoms with Crippen LogP contribution in [0.4, 0.5) is 0 Å². The monoisotopic (exact) mass is 261 g/mol. The lowest BCUT2D eigenvalue weighted by Crippen LogP contribution is -2.39. The Morgan fingerprint density at radius 2 is 2.26 bits per heavy atom. The van der Waals surface area contributed by atoms with Crippen molar-refractivity contribution in [1.82, 2.24) is 5.32 Å². The van der Waals surface area contributed by atoms with Gasteiger partial charge in [-0.2, -0.15) is 0 Å². The molecule has 1 aromatic rings. The summed E-state index contributed by atoms with van der Waals surface area (Å²) in [6, 6.07) is 7.06. The third-order valence-corrected chi connectivity index (χ3v) is 4.30. The fourth-order valence-corrected chi connectivity index (χ4v) is 3.14. The normalized spacial score (nSPS) is 26.2. The highest BCUT2D eigenvalue weighted by atomic mass is 16.5. The lowest BCUT2D eigenvalue weighted by Gasteiger charge is -2.27. The van der Waals surface area contributed by atoms with Crippen molar-refractivity contribution in [2.24, 2.45) is 0 Å². The SMILES string of the molecule is COc1ccc2c(c1)CC(NCC1CCCO1)CC2. The molecular formula is C16H23NO2. The Morgan fingerprint density at radius 3 is 3.05 bits per heavy atom. The predicted octanol–water partition coefficient (Wildman–Crippen LogP) is 2.32. The minimum Gasteiger partial charge on any atom is -0.497 e. The van der Waals surface area contributed by atoms with E-state index in [1.807, 2.05) is 0 Å². The van der Waals surface area contributed by atoms with Gasteiger partial charge in [0.25, 0.3) is 0 Å². The molecule has 1 heterocycles. The molecule has 2 unspecified atom stereocenters. The van der Waals surface area contributed by atoms with Gasteiger partial charge in [-0.1, -0.05) is 6.07 Å². The number of hydrogen-bond acceptors (Lipinski definition) is 3. The first kappa shape index (κ1) is 12.9. The molecule has 2 atom stereocenters. The van der Waals surface area contributed by atoms with E-state index in [4.69, 9.17) is 9.47 Å². The average Bonchev–Trinajstić information content (AvgIpc) is 2.97. The molecule has 1 aliphatic carbocycles. The van der Waals surface area contributed by atoms with E-state index < -0.39 is 0 Å². The van der Waals surface area contributed by atoms with Crippen LogP contribution < -0.4 is 10.1 Å². The van der Waals surface area contributed by atoms with Crippen LogP contribution in [0.25, 0.3) is 0 Å². The van der Waals surface area contributed by atoms with E-state index in [0.717, 1.165) is 25.3 Å². The zero-order chi connectivity index (χ0) is 13.1. The molecule has 3 rings (SSSR count). The topological polar surface area (TPSA) is 30.5 Å². The van der Waals surface area contributed by atoms with Crippen LogP contribution in [0.15, 0.2) is 18.2 Å². The molecular weight excluding hydrogens is 238 g/mol. The molecule has 0 amide bonds. The van der Waals surface area contributed by atoms with Gasteiger partial charge in [-0.05, 0) is 55.4 Å². The predicted molar refractivity (Wildman–Crippen MR) is 75.8 cm³/mol. The average molecular weight is 261 g/mol. The molecule has 3 nitrogen and oxygen atoms in total. The Hall–Kier alpha value is -1.06. The van der Waals surface area contributed by atoms with Crippen LogP contribution in [-0.4, -0.2) is 32.4 Å². The molecule has 104 valence electrons. The number of fused-ring (bicyclic) bond motifs is 1. The number of methoxy groups -OCH3 is 1. The molecule has 19 heavy (non-hydrogen) atoms. The van der Waals surface area contributed by atoms with Crippen molar-refractivity contribution in [3.63, 3.8) is 0 Å². The van der Waals surface area contributed by atoms with E-state index in [1.54, 1.807) is 7.11 Å². The van der Waals surface area contributed by atoms with Gasteiger partial charge in [-0.3, -0.25) is 0 Å². The number of hydrogen-bond donors (Lipinski definition) is 1. The second-order valence-corrected chi connectivity index (χ2v) is 5.62. The highest BCUT2D eigenvalue weighted by Gasteiger charge is 2.21. The third-order valence-electron chi connectivity index (χ3n) is 4.30. The summed E-state index contributed by atoms with van der Waals surface area (Å²) in [6.07, 6.45) is 6.38. The fraction of sp³-hybridized carbons (Fsp3) is 0.625. The van der Waals surface area contributed by atoms with E-state index in [-0.39, 0.29) is 0 Å². The molecule has 2 aliphatic rings. The van der Waals surface area contributed by atoms with Crippen LogP contribution in [0.1, 0.15) is 30.4 Å².